The molecule has 9 heteroatoms. The van der Waals surface area contributed by atoms with E-state index < -0.39 is 12.2 Å². The van der Waals surface area contributed by atoms with E-state index in [1.54, 1.807) is 12.1 Å². The number of halogens is 1. The number of carbonyl (C=O) groups excluding carboxylic acids is 3. The van der Waals surface area contributed by atoms with Crippen LogP contribution in [0, 0.1) is 0 Å². The molecule has 1 aliphatic rings. The highest BCUT2D eigenvalue weighted by atomic mass is 35.5. The van der Waals surface area contributed by atoms with E-state index in [-0.39, 0.29) is 47.9 Å². The maximum atomic E-state index is 12.7. The third-order valence-electron chi connectivity index (χ3n) is 5.64. The van der Waals surface area contributed by atoms with Crippen LogP contribution in [-0.2, 0) is 27.4 Å². The summed E-state index contributed by atoms with van der Waals surface area (Å²) in [4.78, 5) is 37.5. The fraction of sp³-hybridized carbons (Fsp3) is 0.138. The first-order valence-electron chi connectivity index (χ1n) is 11.8. The maximum Gasteiger partial charge on any atom is 0.513 e. The number of hydrogen-bond donors (Lipinski definition) is 2. The van der Waals surface area contributed by atoms with Crippen LogP contribution in [0.15, 0.2) is 96.8 Å². The summed E-state index contributed by atoms with van der Waals surface area (Å²) in [6.45, 7) is 4.44. The van der Waals surface area contributed by atoms with Crippen molar-refractivity contribution in [2.75, 3.05) is 0 Å². The van der Waals surface area contributed by atoms with Gasteiger partial charge >= 0.3 is 12.2 Å². The summed E-state index contributed by atoms with van der Waals surface area (Å²) in [5, 5.41) is 0.314. The number of carbonyl (C=O) groups is 3. The second kappa shape index (κ2) is 12.7. The van der Waals surface area contributed by atoms with E-state index in [9.17, 15) is 14.4 Å². The van der Waals surface area contributed by atoms with Gasteiger partial charge in [-0.1, -0.05) is 78.8 Å². The Morgan fingerprint density at radius 1 is 0.895 bits per heavy atom. The highest BCUT2D eigenvalue weighted by Gasteiger charge is 2.30. The van der Waals surface area contributed by atoms with Crippen LogP contribution >= 0.6 is 11.6 Å². The molecule has 0 radical (unpaired) electrons. The topological polar surface area (TPSA) is 103 Å². The zero-order chi connectivity index (χ0) is 26.9. The van der Waals surface area contributed by atoms with Crippen molar-refractivity contribution >= 4 is 35.2 Å². The molecule has 8 nitrogen and oxygen atoms in total. The lowest BCUT2D eigenvalue weighted by Crippen LogP contribution is -2.38. The van der Waals surface area contributed by atoms with Crippen LogP contribution in [-0.4, -0.2) is 18.0 Å². The lowest BCUT2D eigenvalue weighted by atomic mass is 9.97. The Labute approximate surface area is 224 Å². The number of hydrogen-bond acceptors (Lipinski definition) is 7. The van der Waals surface area contributed by atoms with Crippen molar-refractivity contribution in [1.82, 2.24) is 10.9 Å². The first kappa shape index (κ1) is 26.7. The van der Waals surface area contributed by atoms with E-state index in [0.29, 0.717) is 17.1 Å². The summed E-state index contributed by atoms with van der Waals surface area (Å²) < 4.78 is 16.0. The molecule has 0 saturated heterocycles. The van der Waals surface area contributed by atoms with Gasteiger partial charge in [0.1, 0.15) is 18.1 Å². The van der Waals surface area contributed by atoms with Crippen molar-refractivity contribution in [3.05, 3.63) is 118 Å². The zero-order valence-electron chi connectivity index (χ0n) is 20.4. The van der Waals surface area contributed by atoms with Crippen LogP contribution < -0.4 is 15.6 Å². The van der Waals surface area contributed by atoms with E-state index in [2.05, 4.69) is 17.4 Å². The van der Waals surface area contributed by atoms with Gasteiger partial charge in [0.05, 0.1) is 5.57 Å². The second-order valence-electron chi connectivity index (χ2n) is 8.32. The van der Waals surface area contributed by atoms with E-state index in [4.69, 9.17) is 25.8 Å². The van der Waals surface area contributed by atoms with Crippen LogP contribution in [0.3, 0.4) is 0 Å². The standard InChI is InChI=1S/C29H25ClN2O6/c1-19(27-24(33)14-15-25(27)38-29(35)36-18-21-10-6-3-7-11-21)23-13-12-22(30)16-26(23)37-28(34)32-31-17-20-8-4-2-5-9-20/h2-13,16,31H,1,14-15,17-18H2,(H,32,34). The number of allylic oxidation sites excluding steroid dienone is 3. The number of Topliss-reactive ketones (excluding diaryl/α,β-unsaturated/α-hetero) is 1. The Morgan fingerprint density at radius 2 is 1.58 bits per heavy atom. The third kappa shape index (κ3) is 7.09. The molecule has 0 saturated carbocycles. The van der Waals surface area contributed by atoms with Gasteiger partial charge in [-0.3, -0.25) is 10.2 Å². The number of benzene rings is 3. The first-order valence-corrected chi connectivity index (χ1v) is 12.2. The van der Waals surface area contributed by atoms with Gasteiger partial charge in [0.25, 0.3) is 0 Å². The van der Waals surface area contributed by atoms with Crippen molar-refractivity contribution in [3.8, 4) is 5.75 Å². The van der Waals surface area contributed by atoms with Crippen LogP contribution in [0.1, 0.15) is 29.5 Å². The molecule has 2 N–H and O–H groups in total. The number of hydrazine groups is 1. The molecule has 3 aromatic rings. The molecule has 1 aliphatic carbocycles. The highest BCUT2D eigenvalue weighted by Crippen LogP contribution is 2.38. The van der Waals surface area contributed by atoms with Crippen LogP contribution in [0.25, 0.3) is 5.57 Å². The number of ketones is 1. The Morgan fingerprint density at radius 3 is 2.29 bits per heavy atom. The molecule has 1 amide bonds. The molecule has 194 valence electrons. The number of nitrogens with one attached hydrogen (secondary N) is 2. The summed E-state index contributed by atoms with van der Waals surface area (Å²) in [6, 6.07) is 23.2. The van der Waals surface area contributed by atoms with Gasteiger partial charge in [-0.05, 0) is 28.8 Å². The SMILES string of the molecule is C=C(C1=C(OC(=O)OCc2ccccc2)CCC1=O)c1ccc(Cl)cc1OC(=O)NNCc1ccccc1. The molecular formula is C29H25ClN2O6. The fourth-order valence-electron chi connectivity index (χ4n) is 3.82. The summed E-state index contributed by atoms with van der Waals surface area (Å²) >= 11 is 6.14. The summed E-state index contributed by atoms with van der Waals surface area (Å²) in [7, 11) is 0. The molecule has 0 atom stereocenters. The monoisotopic (exact) mass is 532 g/mol. The van der Waals surface area contributed by atoms with Gasteiger partial charge in [-0.15, -0.1) is 0 Å². The highest BCUT2D eigenvalue weighted by molar-refractivity contribution is 6.30. The molecule has 0 aromatic heterocycles. The second-order valence-corrected chi connectivity index (χ2v) is 8.76. The summed E-state index contributed by atoms with van der Waals surface area (Å²) in [5.41, 5.74) is 7.71. The van der Waals surface area contributed by atoms with Gasteiger partial charge in [0.2, 0.25) is 0 Å². The Kier molecular flexibility index (Phi) is 8.92. The molecule has 0 spiro atoms. The molecular weight excluding hydrogens is 508 g/mol. The normalized spacial score (nSPS) is 12.7. The van der Waals surface area contributed by atoms with Gasteiger partial charge in [0.15, 0.2) is 5.78 Å². The third-order valence-corrected chi connectivity index (χ3v) is 5.88. The van der Waals surface area contributed by atoms with Crippen molar-refractivity contribution in [3.63, 3.8) is 0 Å². The number of ether oxygens (including phenoxy) is 3. The predicted molar refractivity (Wildman–Crippen MR) is 142 cm³/mol. The maximum absolute atomic E-state index is 12.7. The lowest BCUT2D eigenvalue weighted by Gasteiger charge is -2.15. The van der Waals surface area contributed by atoms with Crippen molar-refractivity contribution in [2.45, 2.75) is 26.0 Å². The van der Waals surface area contributed by atoms with E-state index in [0.717, 1.165) is 11.1 Å². The average Bonchev–Trinajstić information content (AvgIpc) is 3.28. The minimum Gasteiger partial charge on any atom is -0.429 e. The predicted octanol–water partition coefficient (Wildman–Crippen LogP) is 6.12. The van der Waals surface area contributed by atoms with E-state index >= 15 is 0 Å². The fourth-order valence-corrected chi connectivity index (χ4v) is 3.98. The molecule has 0 unspecified atom stereocenters. The molecule has 0 heterocycles. The Balaban J connectivity index is 1.44. The summed E-state index contributed by atoms with van der Waals surface area (Å²) in [6.07, 6.45) is -1.37. The van der Waals surface area contributed by atoms with Crippen molar-refractivity contribution in [2.24, 2.45) is 0 Å². The zero-order valence-corrected chi connectivity index (χ0v) is 21.1. The first-order chi connectivity index (χ1) is 18.4. The molecule has 38 heavy (non-hydrogen) atoms. The molecule has 0 fully saturated rings. The minimum atomic E-state index is -0.930. The van der Waals surface area contributed by atoms with Crippen molar-refractivity contribution in [1.29, 1.82) is 0 Å². The Hall–Kier alpha value is -4.40. The minimum absolute atomic E-state index is 0.0276. The lowest BCUT2D eigenvalue weighted by molar-refractivity contribution is -0.114. The van der Waals surface area contributed by atoms with Gasteiger partial charge in [0, 0.05) is 36.0 Å². The smallest absolute Gasteiger partial charge is 0.429 e. The molecule has 0 aliphatic heterocycles. The van der Waals surface area contributed by atoms with Crippen molar-refractivity contribution < 1.29 is 28.6 Å². The summed E-state index contributed by atoms with van der Waals surface area (Å²) in [5.74, 6) is -0.0246. The number of amides is 1. The molecule has 0 bridgehead atoms. The van der Waals surface area contributed by atoms with Gasteiger partial charge < -0.3 is 14.2 Å². The molecule has 4 rings (SSSR count). The van der Waals surface area contributed by atoms with Gasteiger partial charge in [-0.2, -0.15) is 0 Å². The molecule has 3 aromatic carbocycles. The quantitative estimate of drug-likeness (QED) is 0.253. The Bertz CT molecular complexity index is 1370. The van der Waals surface area contributed by atoms with Crippen LogP contribution in [0.5, 0.6) is 5.75 Å². The van der Waals surface area contributed by atoms with Crippen LogP contribution in [0.2, 0.25) is 5.02 Å². The van der Waals surface area contributed by atoms with E-state index in [1.165, 1.54) is 6.07 Å². The largest absolute Gasteiger partial charge is 0.513 e. The van der Waals surface area contributed by atoms with Gasteiger partial charge in [-0.25, -0.2) is 15.0 Å². The van der Waals surface area contributed by atoms with Crippen LogP contribution in [0.4, 0.5) is 9.59 Å². The van der Waals surface area contributed by atoms with E-state index in [1.807, 2.05) is 60.7 Å². The number of rotatable bonds is 9. The average molecular weight is 533 g/mol.